The van der Waals surface area contributed by atoms with Gasteiger partial charge in [0.1, 0.15) is 0 Å². The Hall–Kier alpha value is -0.120. The van der Waals surface area contributed by atoms with Crippen LogP contribution in [0.15, 0.2) is 0 Å². The molecule has 3 unspecified atom stereocenters. The van der Waals surface area contributed by atoms with Gasteiger partial charge in [0, 0.05) is 25.2 Å². The van der Waals surface area contributed by atoms with Crippen molar-refractivity contribution in [3.63, 3.8) is 0 Å². The molecule has 0 bridgehead atoms. The maximum absolute atomic E-state index is 6.34. The van der Waals surface area contributed by atoms with Crippen LogP contribution in [0.25, 0.3) is 0 Å². The van der Waals surface area contributed by atoms with Crippen molar-refractivity contribution in [1.82, 2.24) is 9.80 Å². The Balaban J connectivity index is 1.62. The van der Waals surface area contributed by atoms with Crippen LogP contribution in [0.1, 0.15) is 45.4 Å². The van der Waals surface area contributed by atoms with Crippen LogP contribution in [-0.4, -0.2) is 54.6 Å². The third-order valence-corrected chi connectivity index (χ3v) is 5.63. The normalized spacial score (nSPS) is 43.0. The molecule has 0 spiro atoms. The van der Waals surface area contributed by atoms with E-state index in [-0.39, 0.29) is 0 Å². The van der Waals surface area contributed by atoms with Crippen molar-refractivity contribution in [3.05, 3.63) is 0 Å². The van der Waals surface area contributed by atoms with E-state index < -0.39 is 0 Å². The van der Waals surface area contributed by atoms with Crippen molar-refractivity contribution in [2.75, 3.05) is 32.7 Å². The first-order valence-electron chi connectivity index (χ1n) is 7.89. The molecule has 3 nitrogen and oxygen atoms in total. The maximum Gasteiger partial charge on any atom is 0.0223 e. The molecule has 1 aliphatic carbocycles. The van der Waals surface area contributed by atoms with Crippen LogP contribution in [0, 0.1) is 5.41 Å². The molecule has 1 saturated carbocycles. The molecular formula is C15H29N3. The second kappa shape index (κ2) is 5.10. The van der Waals surface area contributed by atoms with Crippen LogP contribution >= 0.6 is 0 Å². The highest BCUT2D eigenvalue weighted by Gasteiger charge is 2.39. The minimum atomic E-state index is 0.383. The van der Waals surface area contributed by atoms with Crippen molar-refractivity contribution < 1.29 is 0 Å². The molecular weight excluding hydrogens is 222 g/mol. The minimum Gasteiger partial charge on any atom is -0.327 e. The summed E-state index contributed by atoms with van der Waals surface area (Å²) in [5, 5.41) is 0. The van der Waals surface area contributed by atoms with E-state index in [4.69, 9.17) is 5.73 Å². The molecule has 2 N–H and O–H groups in total. The van der Waals surface area contributed by atoms with Crippen molar-refractivity contribution in [2.45, 2.75) is 57.5 Å². The van der Waals surface area contributed by atoms with E-state index in [1.165, 1.54) is 71.2 Å². The molecule has 3 heteroatoms. The number of nitrogens with two attached hydrogens (primary N) is 1. The van der Waals surface area contributed by atoms with E-state index in [0.29, 0.717) is 11.5 Å². The SMILES string of the molecule is CC1(CN2CCCN3CCCC3C2)CCCC1N. The van der Waals surface area contributed by atoms with Crippen molar-refractivity contribution in [2.24, 2.45) is 11.1 Å². The van der Waals surface area contributed by atoms with E-state index >= 15 is 0 Å². The number of fused-ring (bicyclic) bond motifs is 1. The standard InChI is InChI=1S/C15H29N3/c1-15(7-2-6-14(15)16)12-17-8-4-10-18-9-3-5-13(18)11-17/h13-14H,2-12,16H2,1H3. The van der Waals surface area contributed by atoms with Gasteiger partial charge in [0.2, 0.25) is 0 Å². The highest BCUT2D eigenvalue weighted by atomic mass is 15.3. The summed E-state index contributed by atoms with van der Waals surface area (Å²) in [4.78, 5) is 5.44. The van der Waals surface area contributed by atoms with E-state index in [1.807, 2.05) is 0 Å². The van der Waals surface area contributed by atoms with Crippen LogP contribution in [0.3, 0.4) is 0 Å². The van der Waals surface area contributed by atoms with E-state index in [2.05, 4.69) is 16.7 Å². The van der Waals surface area contributed by atoms with Gasteiger partial charge in [0.05, 0.1) is 0 Å². The Kier molecular flexibility index (Phi) is 3.65. The van der Waals surface area contributed by atoms with Gasteiger partial charge in [-0.3, -0.25) is 4.90 Å². The largest absolute Gasteiger partial charge is 0.327 e. The molecule has 0 aromatic carbocycles. The molecule has 104 valence electrons. The fourth-order valence-corrected chi connectivity index (χ4v) is 4.39. The second-order valence-corrected chi connectivity index (χ2v) is 7.07. The van der Waals surface area contributed by atoms with E-state index in [0.717, 1.165) is 6.04 Å². The minimum absolute atomic E-state index is 0.383. The molecule has 3 atom stereocenters. The molecule has 0 aromatic heterocycles. The van der Waals surface area contributed by atoms with Crippen molar-refractivity contribution in [1.29, 1.82) is 0 Å². The van der Waals surface area contributed by atoms with Crippen LogP contribution in [-0.2, 0) is 0 Å². The molecule has 0 amide bonds. The van der Waals surface area contributed by atoms with E-state index in [1.54, 1.807) is 0 Å². The van der Waals surface area contributed by atoms with Gasteiger partial charge in [0.15, 0.2) is 0 Å². The number of nitrogens with zero attached hydrogens (tertiary/aromatic N) is 2. The molecule has 2 aliphatic heterocycles. The zero-order chi connectivity index (χ0) is 12.6. The van der Waals surface area contributed by atoms with Gasteiger partial charge in [-0.15, -0.1) is 0 Å². The first-order valence-corrected chi connectivity index (χ1v) is 7.89. The van der Waals surface area contributed by atoms with Crippen LogP contribution in [0.5, 0.6) is 0 Å². The highest BCUT2D eigenvalue weighted by Crippen LogP contribution is 2.38. The Labute approximate surface area is 112 Å². The van der Waals surface area contributed by atoms with Gasteiger partial charge in [0.25, 0.3) is 0 Å². The number of hydrogen-bond donors (Lipinski definition) is 1. The van der Waals surface area contributed by atoms with Gasteiger partial charge in [-0.2, -0.15) is 0 Å². The molecule has 3 rings (SSSR count). The average molecular weight is 251 g/mol. The fraction of sp³-hybridized carbons (Fsp3) is 1.00. The summed E-state index contributed by atoms with van der Waals surface area (Å²) in [5.41, 5.74) is 6.72. The predicted octanol–water partition coefficient (Wildman–Crippen LogP) is 1.67. The molecule has 0 radical (unpaired) electrons. The van der Waals surface area contributed by atoms with Gasteiger partial charge in [-0.25, -0.2) is 0 Å². The molecule has 3 aliphatic rings. The zero-order valence-corrected chi connectivity index (χ0v) is 11.9. The predicted molar refractivity (Wildman–Crippen MR) is 75.6 cm³/mol. The molecule has 18 heavy (non-hydrogen) atoms. The Morgan fingerprint density at radius 3 is 2.72 bits per heavy atom. The lowest BCUT2D eigenvalue weighted by molar-refractivity contribution is 0.141. The summed E-state index contributed by atoms with van der Waals surface area (Å²) in [5.74, 6) is 0. The Morgan fingerprint density at radius 2 is 1.94 bits per heavy atom. The third-order valence-electron chi connectivity index (χ3n) is 5.63. The van der Waals surface area contributed by atoms with Crippen LogP contribution < -0.4 is 5.73 Å². The number of rotatable bonds is 2. The first-order chi connectivity index (χ1) is 8.67. The summed E-state index contributed by atoms with van der Waals surface area (Å²) >= 11 is 0. The summed E-state index contributed by atoms with van der Waals surface area (Å²) in [6.07, 6.45) is 8.08. The Bertz CT molecular complexity index is 293. The van der Waals surface area contributed by atoms with Crippen molar-refractivity contribution >= 4 is 0 Å². The summed E-state index contributed by atoms with van der Waals surface area (Å²) in [6, 6.07) is 1.27. The van der Waals surface area contributed by atoms with Crippen molar-refractivity contribution in [3.8, 4) is 0 Å². The summed E-state index contributed by atoms with van der Waals surface area (Å²) in [7, 11) is 0. The maximum atomic E-state index is 6.34. The molecule has 3 fully saturated rings. The summed E-state index contributed by atoms with van der Waals surface area (Å²) < 4.78 is 0. The topological polar surface area (TPSA) is 32.5 Å². The lowest BCUT2D eigenvalue weighted by atomic mass is 9.84. The van der Waals surface area contributed by atoms with Crippen LogP contribution in [0.4, 0.5) is 0 Å². The lowest BCUT2D eigenvalue weighted by Gasteiger charge is -2.36. The molecule has 0 aromatic rings. The quantitative estimate of drug-likeness (QED) is 0.810. The van der Waals surface area contributed by atoms with E-state index in [9.17, 15) is 0 Å². The fourth-order valence-electron chi connectivity index (χ4n) is 4.39. The first kappa shape index (κ1) is 12.9. The average Bonchev–Trinajstić information content (AvgIpc) is 2.83. The smallest absolute Gasteiger partial charge is 0.0223 e. The van der Waals surface area contributed by atoms with Crippen LogP contribution in [0.2, 0.25) is 0 Å². The Morgan fingerprint density at radius 1 is 1.11 bits per heavy atom. The monoisotopic (exact) mass is 251 g/mol. The zero-order valence-electron chi connectivity index (χ0n) is 11.9. The second-order valence-electron chi connectivity index (χ2n) is 7.07. The molecule has 2 saturated heterocycles. The number of hydrogen-bond acceptors (Lipinski definition) is 3. The highest BCUT2D eigenvalue weighted by molar-refractivity contribution is 4.95. The molecule has 2 heterocycles. The van der Waals surface area contributed by atoms with Gasteiger partial charge in [-0.05, 0) is 57.2 Å². The lowest BCUT2D eigenvalue weighted by Crippen LogP contribution is -2.46. The summed E-state index contributed by atoms with van der Waals surface area (Å²) in [6.45, 7) is 8.90. The van der Waals surface area contributed by atoms with Gasteiger partial charge in [-0.1, -0.05) is 13.3 Å². The van der Waals surface area contributed by atoms with Gasteiger partial charge >= 0.3 is 0 Å². The third kappa shape index (κ3) is 2.45. The van der Waals surface area contributed by atoms with Gasteiger partial charge < -0.3 is 10.6 Å².